The summed E-state index contributed by atoms with van der Waals surface area (Å²) < 4.78 is 39.3. The molecule has 0 spiro atoms. The van der Waals surface area contributed by atoms with Gasteiger partial charge >= 0.3 is 12.1 Å². The zero-order valence-corrected chi connectivity index (χ0v) is 19.7. The second-order valence-electron chi connectivity index (χ2n) is 9.57. The van der Waals surface area contributed by atoms with Crippen molar-refractivity contribution in [3.63, 3.8) is 0 Å². The molecule has 1 amide bonds. The lowest BCUT2D eigenvalue weighted by Gasteiger charge is -2.36. The first-order valence-corrected chi connectivity index (χ1v) is 11.4. The number of aliphatic carboxylic acids is 1. The van der Waals surface area contributed by atoms with E-state index >= 15 is 0 Å². The van der Waals surface area contributed by atoms with Gasteiger partial charge in [0.15, 0.2) is 0 Å². The van der Waals surface area contributed by atoms with Crippen molar-refractivity contribution in [2.24, 2.45) is 5.92 Å². The van der Waals surface area contributed by atoms with Crippen molar-refractivity contribution in [1.82, 2.24) is 4.90 Å². The van der Waals surface area contributed by atoms with Crippen LogP contribution in [0.4, 0.5) is 13.6 Å². The first kappa shape index (κ1) is 25.6. The van der Waals surface area contributed by atoms with Crippen LogP contribution in [0.2, 0.25) is 0 Å². The lowest BCUT2D eigenvalue weighted by atomic mass is 9.88. The number of carbonyl (C=O) groups is 2. The molecule has 1 saturated heterocycles. The smallest absolute Gasteiger partial charge is 0.410 e. The Kier molecular flexibility index (Phi) is 8.25. The molecule has 0 aromatic heterocycles. The molecule has 0 saturated carbocycles. The van der Waals surface area contributed by atoms with Gasteiger partial charge in [-0.25, -0.2) is 13.6 Å². The number of ether oxygens (including phenoxy) is 2. The van der Waals surface area contributed by atoms with Crippen LogP contribution in [-0.4, -0.2) is 46.4 Å². The third kappa shape index (κ3) is 7.00. The van der Waals surface area contributed by atoms with Crippen LogP contribution in [-0.2, 0) is 27.3 Å². The largest absolute Gasteiger partial charge is 0.481 e. The maximum atomic E-state index is 13.8. The third-order valence-electron chi connectivity index (χ3n) is 5.68. The van der Waals surface area contributed by atoms with Gasteiger partial charge in [0.05, 0.1) is 24.7 Å². The van der Waals surface area contributed by atoms with Gasteiger partial charge in [-0.15, -0.1) is 0 Å². The summed E-state index contributed by atoms with van der Waals surface area (Å²) in [7, 11) is 0. The molecule has 1 aliphatic heterocycles. The lowest BCUT2D eigenvalue weighted by Crippen LogP contribution is -2.50. The minimum Gasteiger partial charge on any atom is -0.481 e. The highest BCUT2D eigenvalue weighted by atomic mass is 19.1. The Morgan fingerprint density at radius 3 is 2.32 bits per heavy atom. The molecule has 34 heavy (non-hydrogen) atoms. The molecule has 1 fully saturated rings. The lowest BCUT2D eigenvalue weighted by molar-refractivity contribution is -0.151. The number of likely N-dealkylation sites (tertiary alicyclic amines) is 1. The number of halogens is 2. The first-order valence-electron chi connectivity index (χ1n) is 11.4. The number of carboxylic acids is 1. The molecule has 0 bridgehead atoms. The van der Waals surface area contributed by atoms with Crippen molar-refractivity contribution in [2.75, 3.05) is 6.54 Å². The van der Waals surface area contributed by atoms with Gasteiger partial charge in [-0.05, 0) is 63.3 Å². The highest BCUT2D eigenvalue weighted by Gasteiger charge is 2.43. The molecule has 0 radical (unpaired) electrons. The Morgan fingerprint density at radius 1 is 1.09 bits per heavy atom. The van der Waals surface area contributed by atoms with Crippen molar-refractivity contribution >= 4 is 12.1 Å². The van der Waals surface area contributed by atoms with Crippen LogP contribution in [0.1, 0.15) is 44.7 Å². The molecule has 1 N–H and O–H groups in total. The molecule has 3 rings (SSSR count). The average molecular weight is 476 g/mol. The highest BCUT2D eigenvalue weighted by Crippen LogP contribution is 2.31. The predicted octanol–water partition coefficient (Wildman–Crippen LogP) is 5.19. The third-order valence-corrected chi connectivity index (χ3v) is 5.68. The number of hydrogen-bond acceptors (Lipinski definition) is 4. The monoisotopic (exact) mass is 475 g/mol. The Labute approximate surface area is 198 Å². The summed E-state index contributed by atoms with van der Waals surface area (Å²) in [6, 6.07) is 11.7. The van der Waals surface area contributed by atoms with Crippen LogP contribution in [0, 0.1) is 17.6 Å². The molecule has 8 heteroatoms. The summed E-state index contributed by atoms with van der Waals surface area (Å²) in [4.78, 5) is 26.8. The SMILES string of the molecule is CC(C)(C)OC(=O)N1CCC[C@@H]1[C@@H](OCc1ccccc1)[C@H](Cc1cc(F)cc(F)c1)C(=O)O. The second-order valence-corrected chi connectivity index (χ2v) is 9.57. The summed E-state index contributed by atoms with van der Waals surface area (Å²) in [5.41, 5.74) is 0.339. The summed E-state index contributed by atoms with van der Waals surface area (Å²) in [5.74, 6) is -3.87. The molecule has 2 aromatic carbocycles. The topological polar surface area (TPSA) is 76.1 Å². The van der Waals surface area contributed by atoms with Crippen molar-refractivity contribution < 1.29 is 33.0 Å². The fourth-order valence-corrected chi connectivity index (χ4v) is 4.27. The standard InChI is InChI=1S/C26H31F2NO5/c1-26(2,3)34-25(32)29-11-7-10-22(29)23(33-16-17-8-5-4-6-9-17)21(24(30)31)14-18-12-19(27)15-20(28)13-18/h4-6,8-9,12-13,15,21-23H,7,10-11,14,16H2,1-3H3,(H,30,31)/t21-,22+,23-/m0/s1. The molecule has 6 nitrogen and oxygen atoms in total. The zero-order valence-electron chi connectivity index (χ0n) is 19.7. The minimum atomic E-state index is -1.17. The number of carboxylic acid groups (broad SMARTS) is 1. The van der Waals surface area contributed by atoms with E-state index in [0.29, 0.717) is 19.4 Å². The maximum Gasteiger partial charge on any atom is 0.410 e. The van der Waals surface area contributed by atoms with E-state index in [4.69, 9.17) is 9.47 Å². The van der Waals surface area contributed by atoms with Crippen LogP contribution in [0.3, 0.4) is 0 Å². The van der Waals surface area contributed by atoms with E-state index < -0.39 is 47.4 Å². The normalized spacial score (nSPS) is 17.9. The molecule has 1 aliphatic rings. The first-order chi connectivity index (χ1) is 16.0. The molecule has 0 unspecified atom stereocenters. The Hall–Kier alpha value is -3.00. The van der Waals surface area contributed by atoms with E-state index in [9.17, 15) is 23.5 Å². The summed E-state index contributed by atoms with van der Waals surface area (Å²) in [5, 5.41) is 10.1. The van der Waals surface area contributed by atoms with Crippen molar-refractivity contribution in [3.8, 4) is 0 Å². The molecule has 184 valence electrons. The van der Waals surface area contributed by atoms with Crippen LogP contribution >= 0.6 is 0 Å². The van der Waals surface area contributed by atoms with Gasteiger partial charge in [-0.3, -0.25) is 4.79 Å². The number of hydrogen-bond donors (Lipinski definition) is 1. The van der Waals surface area contributed by atoms with E-state index in [0.717, 1.165) is 23.8 Å². The van der Waals surface area contributed by atoms with Crippen LogP contribution in [0.15, 0.2) is 48.5 Å². The molecular formula is C26H31F2NO5. The van der Waals surface area contributed by atoms with Crippen molar-refractivity contribution in [2.45, 2.75) is 64.4 Å². The van der Waals surface area contributed by atoms with Crippen molar-refractivity contribution in [1.29, 1.82) is 0 Å². The maximum absolute atomic E-state index is 13.8. The predicted molar refractivity (Wildman–Crippen MR) is 122 cm³/mol. The molecule has 3 atom stereocenters. The molecule has 2 aromatic rings. The van der Waals surface area contributed by atoms with Gasteiger partial charge in [-0.1, -0.05) is 30.3 Å². The van der Waals surface area contributed by atoms with Gasteiger partial charge in [0.2, 0.25) is 0 Å². The average Bonchev–Trinajstić information content (AvgIpc) is 3.22. The molecular weight excluding hydrogens is 444 g/mol. The highest BCUT2D eigenvalue weighted by molar-refractivity contribution is 5.72. The Bertz CT molecular complexity index is 972. The number of benzene rings is 2. The van der Waals surface area contributed by atoms with Gasteiger partial charge in [0.1, 0.15) is 17.2 Å². The number of nitrogens with zero attached hydrogens (tertiary/aromatic N) is 1. The van der Waals surface area contributed by atoms with Crippen molar-refractivity contribution in [3.05, 3.63) is 71.3 Å². The van der Waals surface area contributed by atoms with E-state index in [1.165, 1.54) is 4.90 Å². The Balaban J connectivity index is 1.91. The fraction of sp³-hybridized carbons (Fsp3) is 0.462. The molecule has 1 heterocycles. The van der Waals surface area contributed by atoms with E-state index in [-0.39, 0.29) is 18.6 Å². The Morgan fingerprint density at radius 2 is 1.74 bits per heavy atom. The summed E-state index contributed by atoms with van der Waals surface area (Å²) in [6.07, 6.45) is -0.415. The summed E-state index contributed by atoms with van der Waals surface area (Å²) in [6.45, 7) is 5.82. The van der Waals surface area contributed by atoms with Gasteiger partial charge in [0, 0.05) is 12.6 Å². The zero-order chi connectivity index (χ0) is 24.9. The molecule has 0 aliphatic carbocycles. The van der Waals surface area contributed by atoms with Gasteiger partial charge in [-0.2, -0.15) is 0 Å². The van der Waals surface area contributed by atoms with Gasteiger partial charge in [0.25, 0.3) is 0 Å². The number of carbonyl (C=O) groups excluding carboxylic acids is 1. The van der Waals surface area contributed by atoms with E-state index in [2.05, 4.69) is 0 Å². The van der Waals surface area contributed by atoms with Crippen LogP contribution < -0.4 is 0 Å². The van der Waals surface area contributed by atoms with Gasteiger partial charge < -0.3 is 19.5 Å². The number of rotatable bonds is 8. The fourth-order valence-electron chi connectivity index (χ4n) is 4.27. The van der Waals surface area contributed by atoms with Crippen LogP contribution in [0.25, 0.3) is 0 Å². The minimum absolute atomic E-state index is 0.130. The summed E-state index contributed by atoms with van der Waals surface area (Å²) >= 11 is 0. The number of amides is 1. The quantitative estimate of drug-likeness (QED) is 0.569. The van der Waals surface area contributed by atoms with Crippen LogP contribution in [0.5, 0.6) is 0 Å². The second kappa shape index (κ2) is 11.0. The van der Waals surface area contributed by atoms with E-state index in [1.54, 1.807) is 20.8 Å². The van der Waals surface area contributed by atoms with E-state index in [1.807, 2.05) is 30.3 Å².